The predicted octanol–water partition coefficient (Wildman–Crippen LogP) is 5.06. The van der Waals surface area contributed by atoms with Crippen LogP contribution < -0.4 is 5.32 Å². The number of rotatable bonds is 7. The maximum Gasteiger partial charge on any atom is 0.255 e. The quantitative estimate of drug-likeness (QED) is 0.405. The number of benzene rings is 3. The average Bonchev–Trinajstić information content (AvgIpc) is 2.94. The first kappa shape index (κ1) is 28.2. The lowest BCUT2D eigenvalue weighted by molar-refractivity contribution is -0.129. The number of amides is 2. The van der Waals surface area contributed by atoms with Crippen molar-refractivity contribution in [1.29, 1.82) is 0 Å². The van der Waals surface area contributed by atoms with Gasteiger partial charge < -0.3 is 10.2 Å². The molecule has 1 heterocycles. The van der Waals surface area contributed by atoms with Crippen LogP contribution in [0.5, 0.6) is 0 Å². The highest BCUT2D eigenvalue weighted by Crippen LogP contribution is 2.26. The Labute approximate surface area is 233 Å². The van der Waals surface area contributed by atoms with E-state index in [4.69, 9.17) is 16.6 Å². The number of aliphatic imine (C=N–C) groups is 1. The van der Waals surface area contributed by atoms with Gasteiger partial charge in [-0.1, -0.05) is 36.4 Å². The van der Waals surface area contributed by atoms with Crippen LogP contribution in [-0.2, 0) is 14.8 Å². The van der Waals surface area contributed by atoms with Crippen molar-refractivity contribution in [3.05, 3.63) is 101 Å². The van der Waals surface area contributed by atoms with E-state index in [1.54, 1.807) is 29.2 Å². The molecule has 0 bridgehead atoms. The summed E-state index contributed by atoms with van der Waals surface area (Å²) in [6.45, 7) is 8.45. The molecule has 10 heteroatoms. The van der Waals surface area contributed by atoms with E-state index < -0.39 is 15.9 Å². The van der Waals surface area contributed by atoms with Crippen LogP contribution in [0, 0.1) is 6.92 Å². The molecule has 4 rings (SSSR count). The zero-order valence-electron chi connectivity index (χ0n) is 21.7. The van der Waals surface area contributed by atoms with Crippen LogP contribution in [0.25, 0.3) is 0 Å². The normalized spacial score (nSPS) is 14.6. The van der Waals surface area contributed by atoms with Gasteiger partial charge in [0.05, 0.1) is 21.3 Å². The number of allylic oxidation sites excluding steroid dienone is 1. The monoisotopic (exact) mass is 564 g/mol. The molecule has 2 amide bonds. The minimum Gasteiger partial charge on any atom is -0.340 e. The Morgan fingerprint density at radius 1 is 1.00 bits per heavy atom. The molecule has 0 unspecified atom stereocenters. The third-order valence-electron chi connectivity index (χ3n) is 6.49. The summed E-state index contributed by atoms with van der Waals surface area (Å²) in [6.07, 6.45) is 1.61. The van der Waals surface area contributed by atoms with Gasteiger partial charge in [0.25, 0.3) is 5.91 Å². The molecule has 1 aliphatic heterocycles. The lowest BCUT2D eigenvalue weighted by atomic mass is 10.1. The largest absolute Gasteiger partial charge is 0.340 e. The summed E-state index contributed by atoms with van der Waals surface area (Å²) in [5.74, 6) is -0.479. The molecule has 0 aromatic heterocycles. The number of hydrogen-bond donors (Lipinski definition) is 1. The van der Waals surface area contributed by atoms with Crippen molar-refractivity contribution in [2.45, 2.75) is 18.7 Å². The van der Waals surface area contributed by atoms with Gasteiger partial charge in [0, 0.05) is 49.9 Å². The molecule has 39 heavy (non-hydrogen) atoms. The highest BCUT2D eigenvalue weighted by atomic mass is 35.5. The van der Waals surface area contributed by atoms with Crippen molar-refractivity contribution < 1.29 is 18.0 Å². The molecule has 0 spiro atoms. The summed E-state index contributed by atoms with van der Waals surface area (Å²) < 4.78 is 27.4. The van der Waals surface area contributed by atoms with Gasteiger partial charge in [0.1, 0.15) is 0 Å². The molecule has 3 aromatic carbocycles. The minimum absolute atomic E-state index is 0.0745. The Kier molecular flexibility index (Phi) is 8.64. The standard InChI is InChI=1S/C29H29ClN4O4S/c1-4-27(32-28-8-6-5-7-20(28)2)25-19-23(11-14-26(25)30)31-29(36)22-9-12-24(13-10-22)39(37,38)34-17-15-33(16-18-34)21(3)35/h4-14,19H,1,15-18H2,2-3H3,(H,31,36)/b32-27+. The summed E-state index contributed by atoms with van der Waals surface area (Å²) in [5, 5.41) is 3.29. The van der Waals surface area contributed by atoms with Crippen molar-refractivity contribution in [2.75, 3.05) is 31.5 Å². The number of halogens is 1. The topological polar surface area (TPSA) is 99.1 Å². The van der Waals surface area contributed by atoms with E-state index in [-0.39, 0.29) is 23.9 Å². The van der Waals surface area contributed by atoms with Crippen LogP contribution in [0.15, 0.2) is 89.3 Å². The van der Waals surface area contributed by atoms with E-state index in [1.807, 2.05) is 31.2 Å². The number of sulfonamides is 1. The molecule has 1 N–H and O–H groups in total. The number of anilines is 1. The second-order valence-corrected chi connectivity index (χ2v) is 11.4. The summed E-state index contributed by atoms with van der Waals surface area (Å²) >= 11 is 6.46. The molecule has 1 saturated heterocycles. The van der Waals surface area contributed by atoms with Gasteiger partial charge in [-0.25, -0.2) is 13.4 Å². The predicted molar refractivity (Wildman–Crippen MR) is 154 cm³/mol. The molecule has 0 atom stereocenters. The third kappa shape index (κ3) is 6.44. The first-order valence-corrected chi connectivity index (χ1v) is 14.2. The second kappa shape index (κ2) is 11.9. The van der Waals surface area contributed by atoms with Crippen molar-refractivity contribution in [2.24, 2.45) is 4.99 Å². The number of nitrogens with one attached hydrogen (secondary N) is 1. The third-order valence-corrected chi connectivity index (χ3v) is 8.73. The number of para-hydroxylation sites is 1. The van der Waals surface area contributed by atoms with E-state index in [1.165, 1.54) is 35.5 Å². The lowest BCUT2D eigenvalue weighted by Crippen LogP contribution is -2.49. The van der Waals surface area contributed by atoms with Gasteiger partial charge in [-0.05, 0) is 67.1 Å². The molecule has 0 aliphatic carbocycles. The molecule has 0 radical (unpaired) electrons. The summed E-state index contributed by atoms with van der Waals surface area (Å²) in [7, 11) is -3.74. The van der Waals surface area contributed by atoms with Crippen LogP contribution in [-0.4, -0.2) is 61.3 Å². The molecule has 0 saturated carbocycles. The summed E-state index contributed by atoms with van der Waals surface area (Å²) in [5.41, 5.74) is 3.75. The number of nitrogens with zero attached hydrogens (tertiary/aromatic N) is 3. The first-order chi connectivity index (χ1) is 18.6. The fraction of sp³-hybridized carbons (Fsp3) is 0.207. The van der Waals surface area contributed by atoms with Gasteiger partial charge in [0.2, 0.25) is 15.9 Å². The number of aryl methyl sites for hydroxylation is 1. The average molecular weight is 565 g/mol. The van der Waals surface area contributed by atoms with Crippen LogP contribution in [0.3, 0.4) is 0 Å². The lowest BCUT2D eigenvalue weighted by Gasteiger charge is -2.33. The summed E-state index contributed by atoms with van der Waals surface area (Å²) in [6, 6.07) is 18.5. The Morgan fingerprint density at radius 2 is 1.67 bits per heavy atom. The zero-order valence-corrected chi connectivity index (χ0v) is 23.3. The Bertz CT molecular complexity index is 1540. The Morgan fingerprint density at radius 3 is 2.28 bits per heavy atom. The number of carbonyl (C=O) groups excluding carboxylic acids is 2. The Balaban J connectivity index is 1.49. The summed E-state index contributed by atoms with van der Waals surface area (Å²) in [4.78, 5) is 30.9. The first-order valence-electron chi connectivity index (χ1n) is 12.3. The highest BCUT2D eigenvalue weighted by Gasteiger charge is 2.29. The zero-order chi connectivity index (χ0) is 28.2. The fourth-order valence-corrected chi connectivity index (χ4v) is 5.84. The molecular formula is C29H29ClN4O4S. The number of piperazine rings is 1. The highest BCUT2D eigenvalue weighted by molar-refractivity contribution is 7.89. The van der Waals surface area contributed by atoms with Crippen LogP contribution in [0.2, 0.25) is 5.02 Å². The van der Waals surface area contributed by atoms with Gasteiger partial charge in [0.15, 0.2) is 0 Å². The van der Waals surface area contributed by atoms with Gasteiger partial charge >= 0.3 is 0 Å². The maximum atomic E-state index is 13.0. The van der Waals surface area contributed by atoms with Crippen LogP contribution in [0.4, 0.5) is 11.4 Å². The minimum atomic E-state index is -3.74. The molecular weight excluding hydrogens is 536 g/mol. The van der Waals surface area contributed by atoms with Crippen molar-refractivity contribution in [3.8, 4) is 0 Å². The molecule has 1 fully saturated rings. The van der Waals surface area contributed by atoms with Gasteiger partial charge in [-0.15, -0.1) is 0 Å². The maximum absolute atomic E-state index is 13.0. The molecule has 3 aromatic rings. The van der Waals surface area contributed by atoms with Crippen molar-refractivity contribution in [3.63, 3.8) is 0 Å². The van der Waals surface area contributed by atoms with Gasteiger partial charge in [-0.2, -0.15) is 4.31 Å². The second-order valence-electron chi connectivity index (χ2n) is 9.07. The Hall–Kier alpha value is -3.79. The van der Waals surface area contributed by atoms with E-state index in [0.717, 1.165) is 11.3 Å². The molecule has 202 valence electrons. The number of hydrogen-bond acceptors (Lipinski definition) is 5. The molecule has 1 aliphatic rings. The number of carbonyl (C=O) groups is 2. The van der Waals surface area contributed by atoms with Crippen molar-refractivity contribution >= 4 is 50.5 Å². The SMILES string of the molecule is C=C/C(=N\c1ccccc1C)c1cc(NC(=O)c2ccc(S(=O)(=O)N3CCN(C(C)=O)CC3)cc2)ccc1Cl. The fourth-order valence-electron chi connectivity index (χ4n) is 4.21. The van der Waals surface area contributed by atoms with E-state index in [9.17, 15) is 18.0 Å². The van der Waals surface area contributed by atoms with E-state index in [0.29, 0.717) is 40.6 Å². The van der Waals surface area contributed by atoms with Crippen LogP contribution >= 0.6 is 11.6 Å². The van der Waals surface area contributed by atoms with Gasteiger partial charge in [-0.3, -0.25) is 9.59 Å². The van der Waals surface area contributed by atoms with Crippen LogP contribution in [0.1, 0.15) is 28.4 Å². The smallest absolute Gasteiger partial charge is 0.255 e. The van der Waals surface area contributed by atoms with Crippen molar-refractivity contribution in [1.82, 2.24) is 9.21 Å². The van der Waals surface area contributed by atoms with E-state index >= 15 is 0 Å². The molecule has 8 nitrogen and oxygen atoms in total. The van der Waals surface area contributed by atoms with E-state index in [2.05, 4.69) is 11.9 Å².